The summed E-state index contributed by atoms with van der Waals surface area (Å²) in [6.45, 7) is 3.64. The Morgan fingerprint density at radius 1 is 1.56 bits per heavy atom. The van der Waals surface area contributed by atoms with Gasteiger partial charge in [-0.2, -0.15) is 0 Å². The maximum absolute atomic E-state index is 11.5. The number of carbonyl (C=O) groups excluding carboxylic acids is 2. The Morgan fingerprint density at radius 2 is 2.33 bits per heavy atom. The normalized spacial score (nSPS) is 15.0. The Labute approximate surface area is 109 Å². The zero-order chi connectivity index (χ0) is 13.1. The lowest BCUT2D eigenvalue weighted by molar-refractivity contribution is -0.152. The van der Waals surface area contributed by atoms with E-state index in [4.69, 9.17) is 0 Å². The Hall–Kier alpha value is -1.47. The molecule has 0 spiro atoms. The van der Waals surface area contributed by atoms with Gasteiger partial charge in [-0.05, 0) is 14.0 Å². The number of hydrogen-bond donors (Lipinski definition) is 1. The van der Waals surface area contributed by atoms with Crippen molar-refractivity contribution in [2.75, 3.05) is 25.5 Å². The van der Waals surface area contributed by atoms with Crippen molar-refractivity contribution < 1.29 is 14.3 Å². The molecule has 1 aromatic heterocycles. The van der Waals surface area contributed by atoms with Crippen LogP contribution in [-0.4, -0.2) is 42.0 Å². The van der Waals surface area contributed by atoms with Crippen LogP contribution in [0.15, 0.2) is 0 Å². The van der Waals surface area contributed by atoms with Crippen molar-refractivity contribution in [1.82, 2.24) is 9.88 Å². The highest BCUT2D eigenvalue weighted by Crippen LogP contribution is 2.27. The quantitative estimate of drug-likeness (QED) is 0.630. The fourth-order valence-electron chi connectivity index (χ4n) is 1.72. The predicted molar refractivity (Wildman–Crippen MR) is 67.4 cm³/mol. The smallest absolute Gasteiger partial charge is 0.397 e. The lowest BCUT2D eigenvalue weighted by atomic mass is 10.2. The number of anilines is 1. The first kappa shape index (κ1) is 13.0. The number of thiazole rings is 1. The molecule has 1 aliphatic rings. The average Bonchev–Trinajstić information content (AvgIpc) is 2.70. The molecule has 18 heavy (non-hydrogen) atoms. The molecule has 0 atom stereocenters. The number of hydrogen-bond acceptors (Lipinski definition) is 6. The maximum Gasteiger partial charge on any atom is 0.397 e. The van der Waals surface area contributed by atoms with Gasteiger partial charge in [-0.1, -0.05) is 0 Å². The first-order valence-electron chi connectivity index (χ1n) is 5.75. The van der Waals surface area contributed by atoms with Crippen molar-refractivity contribution in [1.29, 1.82) is 0 Å². The zero-order valence-electron chi connectivity index (χ0n) is 10.4. The fraction of sp³-hybridized carbons (Fsp3) is 0.545. The Balaban J connectivity index is 2.02. The monoisotopic (exact) mass is 269 g/mol. The van der Waals surface area contributed by atoms with Crippen LogP contribution in [0.1, 0.15) is 17.5 Å². The summed E-state index contributed by atoms with van der Waals surface area (Å²) in [5.74, 6) is -1.64. The van der Waals surface area contributed by atoms with Gasteiger partial charge >= 0.3 is 11.9 Å². The summed E-state index contributed by atoms with van der Waals surface area (Å²) < 4.78 is 4.61. The van der Waals surface area contributed by atoms with Gasteiger partial charge in [0.15, 0.2) is 5.13 Å². The molecule has 1 aromatic rings. The molecule has 0 unspecified atom stereocenters. The highest BCUT2D eigenvalue weighted by atomic mass is 32.1. The predicted octanol–water partition coefficient (Wildman–Crippen LogP) is 0.633. The summed E-state index contributed by atoms with van der Waals surface area (Å²) in [6, 6.07) is 0. The first-order valence-corrected chi connectivity index (χ1v) is 6.57. The van der Waals surface area contributed by atoms with Crippen molar-refractivity contribution in [3.63, 3.8) is 0 Å². The zero-order valence-corrected chi connectivity index (χ0v) is 11.2. The van der Waals surface area contributed by atoms with Gasteiger partial charge in [-0.3, -0.25) is 10.1 Å². The third-order valence-corrected chi connectivity index (χ3v) is 3.60. The molecule has 1 aliphatic heterocycles. The number of ether oxygens (including phenoxy) is 1. The van der Waals surface area contributed by atoms with E-state index in [2.05, 4.69) is 19.9 Å². The van der Waals surface area contributed by atoms with Gasteiger partial charge in [0.2, 0.25) is 0 Å². The summed E-state index contributed by atoms with van der Waals surface area (Å²) in [5, 5.41) is 2.94. The highest BCUT2D eigenvalue weighted by Gasteiger charge is 2.21. The second-order valence-corrected chi connectivity index (χ2v) is 5.13. The number of fused-ring (bicyclic) bond motifs is 1. The van der Waals surface area contributed by atoms with Crippen LogP contribution in [0, 0.1) is 0 Å². The van der Waals surface area contributed by atoms with Gasteiger partial charge < -0.3 is 9.64 Å². The summed E-state index contributed by atoms with van der Waals surface area (Å²) >= 11 is 1.41. The van der Waals surface area contributed by atoms with Crippen LogP contribution >= 0.6 is 11.3 Å². The third kappa shape index (κ3) is 2.85. The molecular weight excluding hydrogens is 254 g/mol. The number of nitrogens with one attached hydrogen (secondary N) is 1. The molecule has 98 valence electrons. The summed E-state index contributed by atoms with van der Waals surface area (Å²) in [7, 11) is 2.04. The third-order valence-electron chi connectivity index (χ3n) is 2.60. The van der Waals surface area contributed by atoms with Crippen LogP contribution in [0.3, 0.4) is 0 Å². The van der Waals surface area contributed by atoms with Gasteiger partial charge in [-0.25, -0.2) is 9.78 Å². The standard InChI is InChI=1S/C11H15N3O3S/c1-3-17-10(16)9(15)13-11-12-7-4-5-14(2)6-8(7)18-11/h3-6H2,1-2H3,(H,12,13,15). The molecule has 0 aliphatic carbocycles. The number of aromatic nitrogens is 1. The lowest BCUT2D eigenvalue weighted by Crippen LogP contribution is -2.25. The molecule has 0 saturated heterocycles. The van der Waals surface area contributed by atoms with E-state index < -0.39 is 11.9 Å². The molecule has 1 N–H and O–H groups in total. The molecule has 1 amide bonds. The van der Waals surface area contributed by atoms with Gasteiger partial charge in [0.25, 0.3) is 0 Å². The second kappa shape index (κ2) is 5.45. The van der Waals surface area contributed by atoms with E-state index in [0.717, 1.165) is 30.1 Å². The van der Waals surface area contributed by atoms with Crippen LogP contribution in [0.25, 0.3) is 0 Å². The van der Waals surface area contributed by atoms with Crippen LogP contribution < -0.4 is 5.32 Å². The minimum absolute atomic E-state index is 0.186. The van der Waals surface area contributed by atoms with Gasteiger partial charge in [0.1, 0.15) is 0 Å². The van der Waals surface area contributed by atoms with Crippen molar-refractivity contribution in [2.24, 2.45) is 0 Å². The molecule has 0 radical (unpaired) electrons. The Kier molecular flexibility index (Phi) is 3.93. The number of amides is 1. The number of nitrogens with zero attached hydrogens (tertiary/aromatic N) is 2. The van der Waals surface area contributed by atoms with E-state index >= 15 is 0 Å². The first-order chi connectivity index (χ1) is 8.60. The maximum atomic E-state index is 11.5. The summed E-state index contributed by atoms with van der Waals surface area (Å²) in [4.78, 5) is 30.3. The van der Waals surface area contributed by atoms with Crippen molar-refractivity contribution >= 4 is 28.3 Å². The van der Waals surface area contributed by atoms with Gasteiger partial charge in [-0.15, -0.1) is 11.3 Å². The topological polar surface area (TPSA) is 71.5 Å². The summed E-state index contributed by atoms with van der Waals surface area (Å²) in [6.07, 6.45) is 0.873. The van der Waals surface area contributed by atoms with E-state index in [0.29, 0.717) is 5.13 Å². The minimum Gasteiger partial charge on any atom is -0.459 e. The van der Waals surface area contributed by atoms with Crippen molar-refractivity contribution in [3.8, 4) is 0 Å². The molecule has 0 saturated carbocycles. The molecule has 0 fully saturated rings. The van der Waals surface area contributed by atoms with Crippen molar-refractivity contribution in [3.05, 3.63) is 10.6 Å². The molecule has 2 heterocycles. The van der Waals surface area contributed by atoms with Crippen LogP contribution in [0.5, 0.6) is 0 Å². The largest absolute Gasteiger partial charge is 0.459 e. The number of esters is 1. The van der Waals surface area contributed by atoms with Crippen molar-refractivity contribution in [2.45, 2.75) is 19.9 Å². The SMILES string of the molecule is CCOC(=O)C(=O)Nc1nc2c(s1)CN(C)CC2. The highest BCUT2D eigenvalue weighted by molar-refractivity contribution is 7.16. The average molecular weight is 269 g/mol. The molecule has 2 rings (SSSR count). The molecule has 6 nitrogen and oxygen atoms in total. The Morgan fingerprint density at radius 3 is 3.06 bits per heavy atom. The molecular formula is C11H15N3O3S. The van der Waals surface area contributed by atoms with Crippen LogP contribution in [0.2, 0.25) is 0 Å². The summed E-state index contributed by atoms with van der Waals surface area (Å²) in [5.41, 5.74) is 1.01. The molecule has 0 aromatic carbocycles. The molecule has 0 bridgehead atoms. The van der Waals surface area contributed by atoms with E-state index in [1.54, 1.807) is 6.92 Å². The minimum atomic E-state index is -0.872. The fourth-order valence-corrected chi connectivity index (χ4v) is 2.80. The van der Waals surface area contributed by atoms with E-state index in [1.165, 1.54) is 11.3 Å². The van der Waals surface area contributed by atoms with Crippen LogP contribution in [-0.2, 0) is 27.3 Å². The Bertz CT molecular complexity index is 472. The number of rotatable bonds is 2. The van der Waals surface area contributed by atoms with Crippen LogP contribution in [0.4, 0.5) is 5.13 Å². The van der Waals surface area contributed by atoms with E-state index in [-0.39, 0.29) is 6.61 Å². The number of carbonyl (C=O) groups is 2. The molecule has 7 heteroatoms. The van der Waals surface area contributed by atoms with E-state index in [1.807, 2.05) is 7.05 Å². The van der Waals surface area contributed by atoms with Gasteiger partial charge in [0.05, 0.1) is 12.3 Å². The second-order valence-electron chi connectivity index (χ2n) is 4.05. The van der Waals surface area contributed by atoms with Gasteiger partial charge in [0, 0.05) is 24.4 Å². The lowest BCUT2D eigenvalue weighted by Gasteiger charge is -2.20. The number of likely N-dealkylation sites (N-methyl/N-ethyl adjacent to an activating group) is 1. The van der Waals surface area contributed by atoms with E-state index in [9.17, 15) is 9.59 Å².